The van der Waals surface area contributed by atoms with Gasteiger partial charge in [0, 0.05) is 12.1 Å². The van der Waals surface area contributed by atoms with Crippen LogP contribution in [-0.4, -0.2) is 9.97 Å². The van der Waals surface area contributed by atoms with Crippen molar-refractivity contribution in [2.24, 2.45) is 0 Å². The maximum Gasteiger partial charge on any atom is 0.174 e. The van der Waals surface area contributed by atoms with E-state index in [1.54, 1.807) is 24.3 Å². The number of nitrogens with zero attached hydrogens (tertiary/aromatic N) is 2. The van der Waals surface area contributed by atoms with Gasteiger partial charge >= 0.3 is 0 Å². The van der Waals surface area contributed by atoms with E-state index in [-0.39, 0.29) is 23.0 Å². The Morgan fingerprint density at radius 3 is 1.39 bits per heavy atom. The zero-order valence-electron chi connectivity index (χ0n) is 14.2. The van der Waals surface area contributed by atoms with Gasteiger partial charge in [-0.2, -0.15) is 0 Å². The van der Waals surface area contributed by atoms with Gasteiger partial charge in [-0.05, 0) is 36.4 Å². The predicted octanol–water partition coefficient (Wildman–Crippen LogP) is 5.67. The highest BCUT2D eigenvalue weighted by Gasteiger charge is 2.14. The van der Waals surface area contributed by atoms with Gasteiger partial charge in [0.2, 0.25) is 0 Å². The minimum absolute atomic E-state index is 0.0337. The van der Waals surface area contributed by atoms with Crippen molar-refractivity contribution in [1.82, 2.24) is 9.97 Å². The minimum Gasteiger partial charge on any atom is -0.335 e. The molecule has 0 saturated carbocycles. The SMILES string of the molecule is Fc1ccc(Nc2nc3ccccc3nc2Nc2ccc(F)cc2F)c(F)c1. The van der Waals surface area contributed by atoms with E-state index in [1.165, 1.54) is 12.1 Å². The lowest BCUT2D eigenvalue weighted by Crippen LogP contribution is -2.05. The van der Waals surface area contributed by atoms with Crippen molar-refractivity contribution in [2.45, 2.75) is 0 Å². The Labute approximate surface area is 156 Å². The fourth-order valence-corrected chi connectivity index (χ4v) is 2.61. The number of fused-ring (bicyclic) bond motifs is 1. The zero-order chi connectivity index (χ0) is 19.7. The second-order valence-electron chi connectivity index (χ2n) is 5.91. The van der Waals surface area contributed by atoms with Gasteiger partial charge in [0.15, 0.2) is 11.6 Å². The lowest BCUT2D eigenvalue weighted by molar-refractivity contribution is 0.585. The standard InChI is InChI=1S/C20H12F4N4/c21-11-5-7-15(13(23)9-11)25-19-20(26-16-8-6-12(22)10-14(16)24)28-18-4-2-1-3-17(18)27-19/h1-10H,(H,25,27)(H,26,28). The molecule has 0 unspecified atom stereocenters. The van der Waals surface area contributed by atoms with Crippen molar-refractivity contribution in [1.29, 1.82) is 0 Å². The van der Waals surface area contributed by atoms with Crippen LogP contribution in [0.5, 0.6) is 0 Å². The summed E-state index contributed by atoms with van der Waals surface area (Å²) in [6, 6.07) is 13.0. The average Bonchev–Trinajstić information content (AvgIpc) is 2.66. The number of para-hydroxylation sites is 2. The number of benzene rings is 3. The highest BCUT2D eigenvalue weighted by molar-refractivity contribution is 5.83. The molecule has 0 atom stereocenters. The summed E-state index contributed by atoms with van der Waals surface area (Å²) in [4.78, 5) is 8.77. The number of nitrogens with one attached hydrogen (secondary N) is 2. The second-order valence-corrected chi connectivity index (χ2v) is 5.91. The topological polar surface area (TPSA) is 49.8 Å². The van der Waals surface area contributed by atoms with Crippen LogP contribution in [0, 0.1) is 23.3 Å². The Bertz CT molecular complexity index is 1090. The summed E-state index contributed by atoms with van der Waals surface area (Å²) in [6.45, 7) is 0. The molecule has 4 rings (SSSR count). The van der Waals surface area contributed by atoms with E-state index in [0.717, 1.165) is 24.3 Å². The van der Waals surface area contributed by atoms with Crippen LogP contribution in [0.3, 0.4) is 0 Å². The molecule has 1 aromatic heterocycles. The van der Waals surface area contributed by atoms with Crippen molar-refractivity contribution in [3.63, 3.8) is 0 Å². The molecular formula is C20H12F4N4. The number of rotatable bonds is 4. The average molecular weight is 384 g/mol. The van der Waals surface area contributed by atoms with Gasteiger partial charge < -0.3 is 10.6 Å². The molecule has 140 valence electrons. The fraction of sp³-hybridized carbons (Fsp3) is 0. The van der Waals surface area contributed by atoms with Crippen LogP contribution in [0.25, 0.3) is 11.0 Å². The highest BCUT2D eigenvalue weighted by Crippen LogP contribution is 2.29. The van der Waals surface area contributed by atoms with Crippen LogP contribution in [0.15, 0.2) is 60.7 Å². The van der Waals surface area contributed by atoms with Crippen LogP contribution in [0.2, 0.25) is 0 Å². The first-order valence-electron chi connectivity index (χ1n) is 8.20. The van der Waals surface area contributed by atoms with Gasteiger partial charge in [0.25, 0.3) is 0 Å². The number of hydrogen-bond donors (Lipinski definition) is 2. The lowest BCUT2D eigenvalue weighted by atomic mass is 10.2. The first-order valence-corrected chi connectivity index (χ1v) is 8.20. The largest absolute Gasteiger partial charge is 0.335 e. The van der Waals surface area contributed by atoms with E-state index in [9.17, 15) is 17.6 Å². The lowest BCUT2D eigenvalue weighted by Gasteiger charge is -2.14. The maximum atomic E-state index is 14.0. The van der Waals surface area contributed by atoms with Crippen LogP contribution in [0.4, 0.5) is 40.6 Å². The molecule has 4 nitrogen and oxygen atoms in total. The van der Waals surface area contributed by atoms with Crippen LogP contribution in [0.1, 0.15) is 0 Å². The summed E-state index contributed by atoms with van der Waals surface area (Å²) in [6.07, 6.45) is 0. The minimum atomic E-state index is -0.825. The Morgan fingerprint density at radius 2 is 1.00 bits per heavy atom. The molecule has 0 spiro atoms. The van der Waals surface area contributed by atoms with Crippen molar-refractivity contribution < 1.29 is 17.6 Å². The predicted molar refractivity (Wildman–Crippen MR) is 98.8 cm³/mol. The molecule has 0 fully saturated rings. The van der Waals surface area contributed by atoms with Gasteiger partial charge in [-0.3, -0.25) is 0 Å². The smallest absolute Gasteiger partial charge is 0.174 e. The molecule has 2 N–H and O–H groups in total. The van der Waals surface area contributed by atoms with Crippen molar-refractivity contribution in [3.8, 4) is 0 Å². The van der Waals surface area contributed by atoms with E-state index in [1.807, 2.05) is 0 Å². The summed E-state index contributed by atoms with van der Waals surface area (Å²) in [5.74, 6) is -2.91. The van der Waals surface area contributed by atoms with E-state index >= 15 is 0 Å². The van der Waals surface area contributed by atoms with Crippen LogP contribution >= 0.6 is 0 Å². The molecule has 1 heterocycles. The van der Waals surface area contributed by atoms with Crippen LogP contribution < -0.4 is 10.6 Å². The number of anilines is 4. The fourth-order valence-electron chi connectivity index (χ4n) is 2.61. The third-order valence-electron chi connectivity index (χ3n) is 3.94. The Hall–Kier alpha value is -3.68. The molecule has 0 saturated heterocycles. The van der Waals surface area contributed by atoms with Crippen molar-refractivity contribution in [3.05, 3.63) is 83.9 Å². The monoisotopic (exact) mass is 384 g/mol. The number of hydrogen-bond acceptors (Lipinski definition) is 4. The Kier molecular flexibility index (Phi) is 4.52. The highest BCUT2D eigenvalue weighted by atomic mass is 19.1. The van der Waals surface area contributed by atoms with Gasteiger partial charge in [-0.15, -0.1) is 0 Å². The Balaban J connectivity index is 1.80. The van der Waals surface area contributed by atoms with Gasteiger partial charge in [0.05, 0.1) is 22.4 Å². The molecule has 0 amide bonds. The van der Waals surface area contributed by atoms with E-state index in [4.69, 9.17) is 0 Å². The first-order chi connectivity index (χ1) is 13.5. The van der Waals surface area contributed by atoms with Crippen molar-refractivity contribution in [2.75, 3.05) is 10.6 Å². The first kappa shape index (κ1) is 17.7. The molecule has 0 bridgehead atoms. The number of halogens is 4. The molecule has 0 aliphatic rings. The molecule has 0 aliphatic carbocycles. The Morgan fingerprint density at radius 1 is 0.571 bits per heavy atom. The van der Waals surface area contributed by atoms with Crippen molar-refractivity contribution >= 4 is 34.0 Å². The summed E-state index contributed by atoms with van der Waals surface area (Å²) in [5, 5.41) is 5.47. The maximum absolute atomic E-state index is 14.0. The summed E-state index contributed by atoms with van der Waals surface area (Å²) < 4.78 is 54.4. The van der Waals surface area contributed by atoms with Gasteiger partial charge in [-0.1, -0.05) is 12.1 Å². The molecule has 28 heavy (non-hydrogen) atoms. The molecule has 0 aliphatic heterocycles. The summed E-state index contributed by atoms with van der Waals surface area (Å²) in [5.41, 5.74) is 0.956. The molecule has 8 heteroatoms. The van der Waals surface area contributed by atoms with Gasteiger partial charge in [0.1, 0.15) is 23.3 Å². The van der Waals surface area contributed by atoms with Crippen LogP contribution in [-0.2, 0) is 0 Å². The summed E-state index contributed by atoms with van der Waals surface area (Å²) in [7, 11) is 0. The van der Waals surface area contributed by atoms with Gasteiger partial charge in [-0.25, -0.2) is 27.5 Å². The molecular weight excluding hydrogens is 372 g/mol. The normalized spacial score (nSPS) is 10.9. The third-order valence-corrected chi connectivity index (χ3v) is 3.94. The molecule has 3 aromatic carbocycles. The van der Waals surface area contributed by atoms with E-state index in [2.05, 4.69) is 20.6 Å². The third kappa shape index (κ3) is 3.57. The van der Waals surface area contributed by atoms with E-state index in [0.29, 0.717) is 11.0 Å². The molecule has 0 radical (unpaired) electrons. The molecule has 4 aromatic rings. The quantitative estimate of drug-likeness (QED) is 0.445. The number of aromatic nitrogens is 2. The zero-order valence-corrected chi connectivity index (χ0v) is 14.2. The van der Waals surface area contributed by atoms with E-state index < -0.39 is 23.3 Å². The second kappa shape index (κ2) is 7.15. The summed E-state index contributed by atoms with van der Waals surface area (Å²) >= 11 is 0.